The molecule has 0 amide bonds. The van der Waals surface area contributed by atoms with Crippen LogP contribution in [-0.4, -0.2) is 56.5 Å². The second-order valence-corrected chi connectivity index (χ2v) is 5.44. The maximum Gasteiger partial charge on any atom is 0.0724 e. The van der Waals surface area contributed by atoms with Gasteiger partial charge in [0.25, 0.3) is 0 Å². The van der Waals surface area contributed by atoms with Crippen LogP contribution in [0.3, 0.4) is 0 Å². The molecule has 4 nitrogen and oxygen atoms in total. The number of likely N-dealkylation sites (tertiary alicyclic amines) is 1. The fraction of sp³-hybridized carbons (Fsp3) is 1.00. The second kappa shape index (κ2) is 5.00. The number of hydrogen-bond acceptors (Lipinski definition) is 4. The number of rotatable bonds is 3. The number of methoxy groups -OCH3 is 1. The summed E-state index contributed by atoms with van der Waals surface area (Å²) in [7, 11) is 1.81. The lowest BCUT2D eigenvalue weighted by molar-refractivity contribution is -0.0116. The molecule has 0 saturated carbocycles. The topological polar surface area (TPSA) is 47.7 Å². The highest BCUT2D eigenvalue weighted by Gasteiger charge is 2.35. The average molecular weight is 228 g/mol. The number of hydrogen-bond donors (Lipinski definition) is 1. The van der Waals surface area contributed by atoms with Crippen molar-refractivity contribution in [3.8, 4) is 0 Å². The molecular weight excluding hydrogens is 204 g/mol. The molecule has 16 heavy (non-hydrogen) atoms. The van der Waals surface area contributed by atoms with E-state index in [4.69, 9.17) is 15.2 Å². The van der Waals surface area contributed by atoms with Crippen molar-refractivity contribution in [2.24, 2.45) is 11.7 Å². The minimum absolute atomic E-state index is 0.126. The van der Waals surface area contributed by atoms with Crippen molar-refractivity contribution in [1.82, 2.24) is 4.90 Å². The van der Waals surface area contributed by atoms with Crippen molar-refractivity contribution >= 4 is 0 Å². The summed E-state index contributed by atoms with van der Waals surface area (Å²) >= 11 is 0. The third kappa shape index (κ3) is 2.74. The highest BCUT2D eigenvalue weighted by atomic mass is 16.5. The van der Waals surface area contributed by atoms with Crippen LogP contribution in [0, 0.1) is 5.92 Å². The van der Waals surface area contributed by atoms with E-state index in [1.54, 1.807) is 0 Å². The van der Waals surface area contributed by atoms with E-state index in [1.807, 2.05) is 7.11 Å². The van der Waals surface area contributed by atoms with Gasteiger partial charge < -0.3 is 15.2 Å². The van der Waals surface area contributed by atoms with E-state index in [0.29, 0.717) is 18.6 Å². The first-order valence-electron chi connectivity index (χ1n) is 6.25. The minimum Gasteiger partial charge on any atom is -0.380 e. The van der Waals surface area contributed by atoms with Crippen LogP contribution in [0.25, 0.3) is 0 Å². The van der Waals surface area contributed by atoms with E-state index in [1.165, 1.54) is 6.42 Å². The van der Waals surface area contributed by atoms with Crippen LogP contribution < -0.4 is 5.73 Å². The number of nitrogens with two attached hydrogens (primary N) is 1. The Morgan fingerprint density at radius 2 is 2.38 bits per heavy atom. The van der Waals surface area contributed by atoms with Gasteiger partial charge in [0.1, 0.15) is 0 Å². The highest BCUT2D eigenvalue weighted by molar-refractivity contribution is 4.93. The highest BCUT2D eigenvalue weighted by Crippen LogP contribution is 2.23. The molecule has 2 rings (SSSR count). The monoisotopic (exact) mass is 228 g/mol. The molecule has 0 radical (unpaired) electrons. The van der Waals surface area contributed by atoms with Gasteiger partial charge in [-0.05, 0) is 25.3 Å². The van der Waals surface area contributed by atoms with Gasteiger partial charge in [-0.1, -0.05) is 6.92 Å². The molecular formula is C12H24N2O2. The van der Waals surface area contributed by atoms with E-state index in [2.05, 4.69) is 11.8 Å². The van der Waals surface area contributed by atoms with Gasteiger partial charge in [-0.25, -0.2) is 0 Å². The molecule has 2 N–H and O–H groups in total. The Morgan fingerprint density at radius 3 is 3.00 bits per heavy atom. The van der Waals surface area contributed by atoms with Gasteiger partial charge in [0, 0.05) is 26.8 Å². The third-order valence-electron chi connectivity index (χ3n) is 3.95. The molecule has 2 heterocycles. The second-order valence-electron chi connectivity index (χ2n) is 5.44. The van der Waals surface area contributed by atoms with Gasteiger partial charge >= 0.3 is 0 Å². The van der Waals surface area contributed by atoms with Crippen LogP contribution in [0.1, 0.15) is 19.8 Å². The first-order chi connectivity index (χ1) is 7.63. The predicted molar refractivity (Wildman–Crippen MR) is 63.4 cm³/mol. The molecule has 0 bridgehead atoms. The molecule has 0 aromatic rings. The molecule has 3 atom stereocenters. The minimum atomic E-state index is -0.126. The van der Waals surface area contributed by atoms with E-state index < -0.39 is 0 Å². The van der Waals surface area contributed by atoms with Crippen molar-refractivity contribution < 1.29 is 9.47 Å². The Kier molecular flexibility index (Phi) is 3.85. The zero-order chi connectivity index (χ0) is 11.6. The summed E-state index contributed by atoms with van der Waals surface area (Å²) < 4.78 is 10.9. The summed E-state index contributed by atoms with van der Waals surface area (Å²) in [5.41, 5.74) is 6.18. The van der Waals surface area contributed by atoms with E-state index in [9.17, 15) is 0 Å². The Labute approximate surface area is 98.1 Å². The van der Waals surface area contributed by atoms with E-state index in [-0.39, 0.29) is 5.54 Å². The zero-order valence-electron chi connectivity index (χ0n) is 10.4. The van der Waals surface area contributed by atoms with Crippen molar-refractivity contribution in [3.63, 3.8) is 0 Å². The van der Waals surface area contributed by atoms with Gasteiger partial charge in [-0.2, -0.15) is 0 Å². The number of nitrogens with zero attached hydrogens (tertiary/aromatic N) is 1. The summed E-state index contributed by atoms with van der Waals surface area (Å²) in [5.74, 6) is 0.662. The normalized spacial score (nSPS) is 41.4. The molecule has 2 aliphatic rings. The largest absolute Gasteiger partial charge is 0.380 e. The van der Waals surface area contributed by atoms with Crippen LogP contribution in [0.15, 0.2) is 0 Å². The molecule has 4 heteroatoms. The molecule has 94 valence electrons. The summed E-state index contributed by atoms with van der Waals surface area (Å²) in [4.78, 5) is 2.43. The standard InChI is InChI=1S/C12H24N2O2/c1-10-3-5-14(7-11(10)15-2)8-12(13)4-6-16-9-12/h10-11H,3-9,13H2,1-2H3. The average Bonchev–Trinajstić information content (AvgIpc) is 2.68. The lowest BCUT2D eigenvalue weighted by Gasteiger charge is -2.39. The Balaban J connectivity index is 1.86. The molecule has 0 aromatic heterocycles. The SMILES string of the molecule is COC1CN(CC2(N)CCOC2)CCC1C. The van der Waals surface area contributed by atoms with Gasteiger partial charge in [0.05, 0.1) is 18.2 Å². The maximum atomic E-state index is 6.30. The Morgan fingerprint density at radius 1 is 1.56 bits per heavy atom. The summed E-state index contributed by atoms with van der Waals surface area (Å²) in [5, 5.41) is 0. The lowest BCUT2D eigenvalue weighted by Crippen LogP contribution is -2.55. The van der Waals surface area contributed by atoms with Gasteiger partial charge in [0.15, 0.2) is 0 Å². The molecule has 0 aliphatic carbocycles. The van der Waals surface area contributed by atoms with Gasteiger partial charge in [-0.15, -0.1) is 0 Å². The first-order valence-corrected chi connectivity index (χ1v) is 6.25. The van der Waals surface area contributed by atoms with Gasteiger partial charge in [0.2, 0.25) is 0 Å². The van der Waals surface area contributed by atoms with E-state index in [0.717, 1.165) is 32.7 Å². The molecule has 0 spiro atoms. The predicted octanol–water partition coefficient (Wildman–Crippen LogP) is 0.461. The van der Waals surface area contributed by atoms with Crippen LogP contribution in [0.2, 0.25) is 0 Å². The van der Waals surface area contributed by atoms with Crippen molar-refractivity contribution in [2.45, 2.75) is 31.4 Å². The molecule has 0 aromatic carbocycles. The Bertz CT molecular complexity index is 229. The summed E-state index contributed by atoms with van der Waals surface area (Å²) in [6.07, 6.45) is 2.55. The lowest BCUT2D eigenvalue weighted by atomic mass is 9.93. The van der Waals surface area contributed by atoms with Crippen LogP contribution >= 0.6 is 0 Å². The summed E-state index contributed by atoms with van der Waals surface area (Å²) in [6.45, 7) is 6.88. The first kappa shape index (κ1) is 12.3. The van der Waals surface area contributed by atoms with Crippen molar-refractivity contribution in [1.29, 1.82) is 0 Å². The smallest absolute Gasteiger partial charge is 0.0724 e. The molecule has 2 fully saturated rings. The fourth-order valence-corrected chi connectivity index (χ4v) is 2.74. The third-order valence-corrected chi connectivity index (χ3v) is 3.95. The van der Waals surface area contributed by atoms with E-state index >= 15 is 0 Å². The molecule has 2 saturated heterocycles. The number of piperidine rings is 1. The summed E-state index contributed by atoms with van der Waals surface area (Å²) in [6, 6.07) is 0. The molecule has 2 aliphatic heterocycles. The molecule has 3 unspecified atom stereocenters. The van der Waals surface area contributed by atoms with Gasteiger partial charge in [-0.3, -0.25) is 4.90 Å². The Hall–Kier alpha value is -0.160. The quantitative estimate of drug-likeness (QED) is 0.762. The van der Waals surface area contributed by atoms with Crippen LogP contribution in [0.4, 0.5) is 0 Å². The zero-order valence-corrected chi connectivity index (χ0v) is 10.4. The van der Waals surface area contributed by atoms with Crippen LogP contribution in [-0.2, 0) is 9.47 Å². The maximum absolute atomic E-state index is 6.30. The van der Waals surface area contributed by atoms with Crippen molar-refractivity contribution in [2.75, 3.05) is 40.0 Å². The fourth-order valence-electron chi connectivity index (χ4n) is 2.74. The van der Waals surface area contributed by atoms with Crippen LogP contribution in [0.5, 0.6) is 0 Å². The van der Waals surface area contributed by atoms with Crippen molar-refractivity contribution in [3.05, 3.63) is 0 Å². The number of ether oxygens (including phenoxy) is 2.